The van der Waals surface area contributed by atoms with E-state index in [0.29, 0.717) is 5.92 Å². The quantitative estimate of drug-likeness (QED) is 0.684. The maximum atomic E-state index is 12.0. The Hall–Kier alpha value is -1.88. The number of benzene rings is 1. The molecule has 3 N–H and O–H groups in total. The van der Waals surface area contributed by atoms with Crippen molar-refractivity contribution in [3.8, 4) is 0 Å². The minimum absolute atomic E-state index is 0.0515. The summed E-state index contributed by atoms with van der Waals surface area (Å²) < 4.78 is 0. The van der Waals surface area contributed by atoms with E-state index in [1.807, 2.05) is 0 Å². The fourth-order valence-corrected chi connectivity index (χ4v) is 2.57. The number of unbranched alkanes of at least 4 members (excludes halogenated alkanes) is 1. The molecule has 2 atom stereocenters. The lowest BCUT2D eigenvalue weighted by molar-refractivity contribution is -0.121. The van der Waals surface area contributed by atoms with Crippen LogP contribution in [0.5, 0.6) is 0 Å². The van der Waals surface area contributed by atoms with Crippen LogP contribution in [-0.4, -0.2) is 25.0 Å². The summed E-state index contributed by atoms with van der Waals surface area (Å²) in [5.74, 6) is -0.0127. The van der Waals surface area contributed by atoms with Crippen LogP contribution in [0.3, 0.4) is 0 Å². The maximum absolute atomic E-state index is 12.0. The molecule has 0 aliphatic rings. The molecule has 0 heterocycles. The van der Waals surface area contributed by atoms with Gasteiger partial charge in [0.1, 0.15) is 0 Å². The van der Waals surface area contributed by atoms with Crippen molar-refractivity contribution in [2.24, 2.45) is 5.92 Å². The highest BCUT2D eigenvalue weighted by atomic mass is 16.2. The predicted molar refractivity (Wildman–Crippen MR) is 97.8 cm³/mol. The number of nitrogens with one attached hydrogen (secondary N) is 3. The monoisotopic (exact) mass is 333 g/mol. The third-order valence-electron chi connectivity index (χ3n) is 4.11. The van der Waals surface area contributed by atoms with Crippen LogP contribution in [-0.2, 0) is 11.2 Å². The summed E-state index contributed by atoms with van der Waals surface area (Å²) in [5, 5.41) is 8.02. The highest BCUT2D eigenvalue weighted by molar-refractivity contribution is 5.96. The van der Waals surface area contributed by atoms with Gasteiger partial charge in [-0.1, -0.05) is 51.5 Å². The lowest BCUT2D eigenvalue weighted by Gasteiger charge is -2.26. The van der Waals surface area contributed by atoms with Gasteiger partial charge in [-0.15, -0.1) is 0 Å². The first-order valence-corrected chi connectivity index (χ1v) is 8.76. The largest absolute Gasteiger partial charge is 0.341 e. The van der Waals surface area contributed by atoms with Crippen LogP contribution in [0.15, 0.2) is 24.3 Å². The van der Waals surface area contributed by atoms with E-state index in [1.54, 1.807) is 6.92 Å². The van der Waals surface area contributed by atoms with Crippen molar-refractivity contribution in [2.45, 2.75) is 59.0 Å². The summed E-state index contributed by atoms with van der Waals surface area (Å²) in [6, 6.07) is 7.69. The van der Waals surface area contributed by atoms with Crippen molar-refractivity contribution in [3.05, 3.63) is 35.4 Å². The molecular weight excluding hydrogens is 302 g/mol. The SMILES string of the molecule is CCCCc1ccc([C@H](N[C@@H](C)C(=O)NC(=O)NC)C(C)C)cc1. The Bertz CT molecular complexity index is 526. The molecule has 5 nitrogen and oxygen atoms in total. The Morgan fingerprint density at radius 2 is 1.71 bits per heavy atom. The van der Waals surface area contributed by atoms with E-state index in [9.17, 15) is 9.59 Å². The number of rotatable bonds is 8. The molecule has 134 valence electrons. The Morgan fingerprint density at radius 3 is 2.21 bits per heavy atom. The topological polar surface area (TPSA) is 70.2 Å². The molecule has 0 fully saturated rings. The van der Waals surface area contributed by atoms with Gasteiger partial charge >= 0.3 is 6.03 Å². The van der Waals surface area contributed by atoms with Crippen molar-refractivity contribution in [1.29, 1.82) is 0 Å². The van der Waals surface area contributed by atoms with Crippen molar-refractivity contribution < 1.29 is 9.59 Å². The Morgan fingerprint density at radius 1 is 1.08 bits per heavy atom. The van der Waals surface area contributed by atoms with Crippen LogP contribution in [0, 0.1) is 5.92 Å². The minimum atomic E-state index is -0.491. The van der Waals surface area contributed by atoms with Gasteiger partial charge in [-0.25, -0.2) is 4.79 Å². The summed E-state index contributed by atoms with van der Waals surface area (Å²) >= 11 is 0. The standard InChI is InChI=1S/C19H31N3O2/c1-6-7-8-15-9-11-16(12-10-15)17(13(2)3)21-14(4)18(23)22-19(24)20-5/h9-14,17,21H,6-8H2,1-5H3,(H2,20,22,23,24)/t14-,17+/m0/s1. The average Bonchev–Trinajstić information content (AvgIpc) is 2.57. The van der Waals surface area contributed by atoms with Crippen LogP contribution < -0.4 is 16.0 Å². The number of hydrogen-bond acceptors (Lipinski definition) is 3. The Labute approximate surface area is 145 Å². The van der Waals surface area contributed by atoms with Gasteiger partial charge in [0.2, 0.25) is 5.91 Å². The number of aryl methyl sites for hydroxylation is 1. The first-order chi connectivity index (χ1) is 11.4. The fraction of sp³-hybridized carbons (Fsp3) is 0.579. The molecule has 24 heavy (non-hydrogen) atoms. The molecule has 1 aromatic carbocycles. The van der Waals surface area contributed by atoms with Gasteiger partial charge in [0.25, 0.3) is 0 Å². The van der Waals surface area contributed by atoms with E-state index in [-0.39, 0.29) is 11.9 Å². The van der Waals surface area contributed by atoms with Gasteiger partial charge < -0.3 is 5.32 Å². The molecule has 1 rings (SSSR count). The van der Waals surface area contributed by atoms with Crippen molar-refractivity contribution in [1.82, 2.24) is 16.0 Å². The molecule has 0 aliphatic carbocycles. The maximum Gasteiger partial charge on any atom is 0.321 e. The summed E-state index contributed by atoms with van der Waals surface area (Å²) in [4.78, 5) is 23.3. The van der Waals surface area contributed by atoms with E-state index in [0.717, 1.165) is 12.0 Å². The van der Waals surface area contributed by atoms with E-state index in [4.69, 9.17) is 0 Å². The molecule has 0 aliphatic heterocycles. The molecular formula is C19H31N3O2. The second-order valence-electron chi connectivity index (χ2n) is 6.52. The normalized spacial score (nSPS) is 13.4. The molecule has 5 heteroatoms. The number of imide groups is 1. The van der Waals surface area contributed by atoms with Crippen molar-refractivity contribution in [3.63, 3.8) is 0 Å². The predicted octanol–water partition coefficient (Wildman–Crippen LogP) is 3.16. The van der Waals surface area contributed by atoms with Crippen LogP contribution >= 0.6 is 0 Å². The smallest absolute Gasteiger partial charge is 0.321 e. The number of hydrogen-bond donors (Lipinski definition) is 3. The molecule has 0 unspecified atom stereocenters. The van der Waals surface area contributed by atoms with Gasteiger partial charge in [-0.3, -0.25) is 15.4 Å². The van der Waals surface area contributed by atoms with Crippen LogP contribution in [0.2, 0.25) is 0 Å². The summed E-state index contributed by atoms with van der Waals surface area (Å²) in [5.41, 5.74) is 2.50. The van der Waals surface area contributed by atoms with E-state index < -0.39 is 12.1 Å². The first-order valence-electron chi connectivity index (χ1n) is 8.76. The third-order valence-corrected chi connectivity index (χ3v) is 4.11. The number of carbonyl (C=O) groups is 2. The molecule has 3 amide bonds. The van der Waals surface area contributed by atoms with Gasteiger partial charge in [0, 0.05) is 13.1 Å². The van der Waals surface area contributed by atoms with E-state index in [2.05, 4.69) is 61.0 Å². The molecule has 0 radical (unpaired) electrons. The lowest BCUT2D eigenvalue weighted by atomic mass is 9.94. The number of amides is 3. The first kappa shape index (κ1) is 20.2. The second kappa shape index (κ2) is 10.1. The average molecular weight is 333 g/mol. The summed E-state index contributed by atoms with van der Waals surface area (Å²) in [7, 11) is 1.48. The molecule has 0 saturated carbocycles. The zero-order valence-corrected chi connectivity index (χ0v) is 15.5. The fourth-order valence-electron chi connectivity index (χ4n) is 2.57. The molecule has 1 aromatic rings. The molecule has 0 saturated heterocycles. The van der Waals surface area contributed by atoms with Crippen molar-refractivity contribution >= 4 is 11.9 Å². The minimum Gasteiger partial charge on any atom is -0.341 e. The van der Waals surface area contributed by atoms with Crippen LogP contribution in [0.4, 0.5) is 4.79 Å². The van der Waals surface area contributed by atoms with E-state index >= 15 is 0 Å². The molecule has 0 bridgehead atoms. The van der Waals surface area contributed by atoms with Gasteiger partial charge in [-0.2, -0.15) is 0 Å². The summed E-state index contributed by atoms with van der Waals surface area (Å²) in [6.45, 7) is 8.19. The van der Waals surface area contributed by atoms with Gasteiger partial charge in [0.05, 0.1) is 6.04 Å². The number of urea groups is 1. The second-order valence-corrected chi connectivity index (χ2v) is 6.52. The zero-order chi connectivity index (χ0) is 18.1. The van der Waals surface area contributed by atoms with Gasteiger partial charge in [-0.05, 0) is 36.8 Å². The lowest BCUT2D eigenvalue weighted by Crippen LogP contribution is -2.48. The highest BCUT2D eigenvalue weighted by Crippen LogP contribution is 2.23. The van der Waals surface area contributed by atoms with Crippen LogP contribution in [0.1, 0.15) is 57.7 Å². The molecule has 0 spiro atoms. The highest BCUT2D eigenvalue weighted by Gasteiger charge is 2.22. The Balaban J connectivity index is 2.76. The Kier molecular flexibility index (Phi) is 8.47. The van der Waals surface area contributed by atoms with Crippen molar-refractivity contribution in [2.75, 3.05) is 7.05 Å². The third kappa shape index (κ3) is 6.32. The van der Waals surface area contributed by atoms with Gasteiger partial charge in [0.15, 0.2) is 0 Å². The zero-order valence-electron chi connectivity index (χ0n) is 15.5. The molecule has 0 aromatic heterocycles. The summed E-state index contributed by atoms with van der Waals surface area (Å²) in [6.07, 6.45) is 3.49. The van der Waals surface area contributed by atoms with Crippen LogP contribution in [0.25, 0.3) is 0 Å². The van der Waals surface area contributed by atoms with E-state index in [1.165, 1.54) is 25.5 Å². The number of carbonyl (C=O) groups excluding carboxylic acids is 2.